The van der Waals surface area contributed by atoms with E-state index in [1.165, 1.54) is 167 Å². The van der Waals surface area contributed by atoms with Gasteiger partial charge in [-0.25, -0.2) is 0 Å². The van der Waals surface area contributed by atoms with Crippen molar-refractivity contribution in [3.63, 3.8) is 0 Å². The molecular formula is C32H66O. The van der Waals surface area contributed by atoms with Crippen LogP contribution in [0.15, 0.2) is 0 Å². The van der Waals surface area contributed by atoms with Crippen molar-refractivity contribution in [2.45, 2.75) is 194 Å². The maximum Gasteiger partial charge on any atom is 0.0431 e. The fraction of sp³-hybridized carbons (Fsp3) is 1.00. The lowest BCUT2D eigenvalue weighted by atomic mass is 9.70. The van der Waals surface area contributed by atoms with Gasteiger partial charge in [0.2, 0.25) is 0 Å². The molecule has 0 aromatic rings. The van der Waals surface area contributed by atoms with Gasteiger partial charge in [0.1, 0.15) is 0 Å². The van der Waals surface area contributed by atoms with Crippen LogP contribution in [0, 0.1) is 5.41 Å². The van der Waals surface area contributed by atoms with Crippen molar-refractivity contribution >= 4 is 0 Å². The first-order valence-corrected chi connectivity index (χ1v) is 15.9. The van der Waals surface area contributed by atoms with Crippen LogP contribution in [0.2, 0.25) is 0 Å². The Morgan fingerprint density at radius 2 is 0.576 bits per heavy atom. The standard InChI is InChI=1S/C32H66O/c1-4-7-10-22-27-32(28-23-11-8-5-2,29-24-12-9-6-3)30-25-20-18-16-14-13-15-17-19-21-26-31-33/h33H,4-31H2,1-3H3. The highest BCUT2D eigenvalue weighted by Gasteiger charge is 2.28. The van der Waals surface area contributed by atoms with Crippen LogP contribution < -0.4 is 0 Å². The van der Waals surface area contributed by atoms with Gasteiger partial charge in [-0.2, -0.15) is 0 Å². The number of aliphatic hydroxyl groups excluding tert-OH is 1. The Hall–Kier alpha value is -0.0400. The molecule has 0 amide bonds. The Labute approximate surface area is 211 Å². The van der Waals surface area contributed by atoms with Gasteiger partial charge in [0.05, 0.1) is 0 Å². The summed E-state index contributed by atoms with van der Waals surface area (Å²) in [6.07, 6.45) is 38.3. The Morgan fingerprint density at radius 1 is 0.333 bits per heavy atom. The van der Waals surface area contributed by atoms with Crippen LogP contribution in [0.3, 0.4) is 0 Å². The molecule has 0 fully saturated rings. The molecular weight excluding hydrogens is 400 g/mol. The van der Waals surface area contributed by atoms with E-state index in [0.29, 0.717) is 12.0 Å². The van der Waals surface area contributed by atoms with Crippen molar-refractivity contribution in [2.75, 3.05) is 6.61 Å². The van der Waals surface area contributed by atoms with Gasteiger partial charge in [0, 0.05) is 6.61 Å². The number of hydrogen-bond donors (Lipinski definition) is 1. The van der Waals surface area contributed by atoms with E-state index in [1.54, 1.807) is 0 Å². The second-order valence-electron chi connectivity index (χ2n) is 11.3. The molecule has 0 aromatic carbocycles. The van der Waals surface area contributed by atoms with Gasteiger partial charge >= 0.3 is 0 Å². The summed E-state index contributed by atoms with van der Waals surface area (Å²) < 4.78 is 0. The molecule has 0 bridgehead atoms. The van der Waals surface area contributed by atoms with E-state index in [-0.39, 0.29) is 0 Å². The topological polar surface area (TPSA) is 20.2 Å². The molecule has 0 unspecified atom stereocenters. The van der Waals surface area contributed by atoms with Gasteiger partial charge in [-0.15, -0.1) is 0 Å². The predicted molar refractivity (Wildman–Crippen MR) is 151 cm³/mol. The molecule has 0 heterocycles. The van der Waals surface area contributed by atoms with Crippen molar-refractivity contribution in [3.8, 4) is 0 Å². The molecule has 0 rings (SSSR count). The highest BCUT2D eigenvalue weighted by molar-refractivity contribution is 4.80. The largest absolute Gasteiger partial charge is 0.396 e. The van der Waals surface area contributed by atoms with Crippen LogP contribution in [0.25, 0.3) is 0 Å². The van der Waals surface area contributed by atoms with E-state index in [1.807, 2.05) is 0 Å². The maximum atomic E-state index is 8.85. The second kappa shape index (κ2) is 26.6. The van der Waals surface area contributed by atoms with Gasteiger partial charge in [-0.1, -0.05) is 162 Å². The Kier molecular flexibility index (Phi) is 26.5. The number of rotatable bonds is 28. The fourth-order valence-electron chi connectivity index (χ4n) is 5.73. The zero-order chi connectivity index (χ0) is 24.3. The highest BCUT2D eigenvalue weighted by Crippen LogP contribution is 2.42. The molecule has 0 aliphatic rings. The van der Waals surface area contributed by atoms with E-state index in [9.17, 15) is 0 Å². The summed E-state index contributed by atoms with van der Waals surface area (Å²) in [5, 5.41) is 8.85. The zero-order valence-corrected chi connectivity index (χ0v) is 23.7. The number of hydrogen-bond acceptors (Lipinski definition) is 1. The van der Waals surface area contributed by atoms with Crippen molar-refractivity contribution in [1.29, 1.82) is 0 Å². The van der Waals surface area contributed by atoms with Crippen LogP contribution in [0.1, 0.15) is 194 Å². The lowest BCUT2D eigenvalue weighted by molar-refractivity contribution is 0.172. The summed E-state index contributed by atoms with van der Waals surface area (Å²) >= 11 is 0. The predicted octanol–water partition coefficient (Wildman–Crippen LogP) is 11.6. The summed E-state index contributed by atoms with van der Waals surface area (Å²) in [5.74, 6) is 0. The Morgan fingerprint density at radius 3 is 0.848 bits per heavy atom. The molecule has 33 heavy (non-hydrogen) atoms. The lowest BCUT2D eigenvalue weighted by Crippen LogP contribution is -2.21. The quantitative estimate of drug-likeness (QED) is 0.114. The molecule has 0 atom stereocenters. The zero-order valence-electron chi connectivity index (χ0n) is 23.7. The summed E-state index contributed by atoms with van der Waals surface area (Å²) in [5.41, 5.74) is 0.670. The SMILES string of the molecule is CCCCCCC(CCCCCC)(CCCCCC)CCCCCCCCCCCCCO. The maximum absolute atomic E-state index is 8.85. The molecule has 0 aromatic heterocycles. The lowest BCUT2D eigenvalue weighted by Gasteiger charge is -2.35. The van der Waals surface area contributed by atoms with Crippen molar-refractivity contribution < 1.29 is 5.11 Å². The summed E-state index contributed by atoms with van der Waals surface area (Å²) in [4.78, 5) is 0. The Bertz CT molecular complexity index is 319. The van der Waals surface area contributed by atoms with E-state index in [4.69, 9.17) is 5.11 Å². The average Bonchev–Trinajstić information content (AvgIpc) is 2.83. The number of aliphatic hydroxyl groups is 1. The van der Waals surface area contributed by atoms with Gasteiger partial charge in [0.25, 0.3) is 0 Å². The van der Waals surface area contributed by atoms with Crippen molar-refractivity contribution in [2.24, 2.45) is 5.41 Å². The normalized spacial score (nSPS) is 12.0. The van der Waals surface area contributed by atoms with E-state index >= 15 is 0 Å². The molecule has 0 aliphatic heterocycles. The first-order chi connectivity index (χ1) is 16.2. The van der Waals surface area contributed by atoms with Gasteiger partial charge < -0.3 is 5.11 Å². The molecule has 0 spiro atoms. The molecule has 0 aliphatic carbocycles. The monoisotopic (exact) mass is 467 g/mol. The smallest absolute Gasteiger partial charge is 0.0431 e. The molecule has 0 saturated carbocycles. The first-order valence-electron chi connectivity index (χ1n) is 15.9. The van der Waals surface area contributed by atoms with Crippen molar-refractivity contribution in [1.82, 2.24) is 0 Å². The Balaban J connectivity index is 4.34. The summed E-state index contributed by atoms with van der Waals surface area (Å²) in [6, 6.07) is 0. The molecule has 1 heteroatoms. The van der Waals surface area contributed by atoms with Gasteiger partial charge in [-0.3, -0.25) is 0 Å². The van der Waals surface area contributed by atoms with Crippen LogP contribution in [0.5, 0.6) is 0 Å². The summed E-state index contributed by atoms with van der Waals surface area (Å²) in [6.45, 7) is 7.41. The molecule has 1 N–H and O–H groups in total. The van der Waals surface area contributed by atoms with Crippen molar-refractivity contribution in [3.05, 3.63) is 0 Å². The molecule has 0 saturated heterocycles. The van der Waals surface area contributed by atoms with E-state index < -0.39 is 0 Å². The first kappa shape index (κ1) is 33.0. The molecule has 1 nitrogen and oxygen atoms in total. The third-order valence-corrected chi connectivity index (χ3v) is 8.05. The highest BCUT2D eigenvalue weighted by atomic mass is 16.2. The average molecular weight is 467 g/mol. The van der Waals surface area contributed by atoms with Crippen LogP contribution in [-0.2, 0) is 0 Å². The number of unbranched alkanes of at least 4 members (excludes halogenated alkanes) is 19. The minimum absolute atomic E-state index is 0.373. The van der Waals surface area contributed by atoms with Crippen LogP contribution >= 0.6 is 0 Å². The van der Waals surface area contributed by atoms with Crippen LogP contribution in [-0.4, -0.2) is 11.7 Å². The van der Waals surface area contributed by atoms with E-state index in [2.05, 4.69) is 20.8 Å². The minimum atomic E-state index is 0.373. The van der Waals surface area contributed by atoms with E-state index in [0.717, 1.165) is 6.42 Å². The second-order valence-corrected chi connectivity index (χ2v) is 11.3. The fourth-order valence-corrected chi connectivity index (χ4v) is 5.73. The summed E-state index contributed by atoms with van der Waals surface area (Å²) in [7, 11) is 0. The third kappa shape index (κ3) is 22.2. The van der Waals surface area contributed by atoms with Gasteiger partial charge in [0.15, 0.2) is 0 Å². The van der Waals surface area contributed by atoms with Crippen LogP contribution in [0.4, 0.5) is 0 Å². The van der Waals surface area contributed by atoms with Gasteiger partial charge in [-0.05, 0) is 37.5 Å². The molecule has 200 valence electrons. The third-order valence-electron chi connectivity index (χ3n) is 8.05. The molecule has 0 radical (unpaired) electrons. The minimum Gasteiger partial charge on any atom is -0.396 e.